The Bertz CT molecular complexity index is 550. The Kier molecular flexibility index (Phi) is 7.10. The van der Waals surface area contributed by atoms with Gasteiger partial charge in [0.25, 0.3) is 0 Å². The van der Waals surface area contributed by atoms with E-state index >= 15 is 0 Å². The lowest BCUT2D eigenvalue weighted by Crippen LogP contribution is -2.18. The van der Waals surface area contributed by atoms with E-state index in [-0.39, 0.29) is 5.75 Å². The fourth-order valence-corrected chi connectivity index (χ4v) is 5.13. The van der Waals surface area contributed by atoms with Gasteiger partial charge in [0.2, 0.25) is 0 Å². The zero-order valence-electron chi connectivity index (χ0n) is 16.4. The molecule has 0 amide bonds. The van der Waals surface area contributed by atoms with E-state index < -0.39 is 6.36 Å². The molecule has 0 saturated heterocycles. The van der Waals surface area contributed by atoms with Crippen molar-refractivity contribution < 1.29 is 17.9 Å². The molecule has 0 aromatic heterocycles. The molecule has 3 rings (SSSR count). The third kappa shape index (κ3) is 6.43. The third-order valence-electron chi connectivity index (χ3n) is 6.96. The highest BCUT2D eigenvalue weighted by molar-refractivity contribution is 5.29. The van der Waals surface area contributed by atoms with Gasteiger partial charge in [-0.25, -0.2) is 0 Å². The van der Waals surface area contributed by atoms with Gasteiger partial charge in [0.15, 0.2) is 0 Å². The van der Waals surface area contributed by atoms with E-state index in [0.717, 1.165) is 36.2 Å². The lowest BCUT2D eigenvalue weighted by Gasteiger charge is -2.32. The molecule has 2 saturated carbocycles. The first-order valence-corrected chi connectivity index (χ1v) is 10.8. The molecule has 1 aromatic carbocycles. The van der Waals surface area contributed by atoms with Gasteiger partial charge in [-0.2, -0.15) is 0 Å². The predicted molar refractivity (Wildman–Crippen MR) is 103 cm³/mol. The van der Waals surface area contributed by atoms with Crippen LogP contribution in [0.4, 0.5) is 13.2 Å². The summed E-state index contributed by atoms with van der Waals surface area (Å²) in [6.45, 7) is 2.32. The molecule has 1 nitrogen and oxygen atoms in total. The number of ether oxygens (including phenoxy) is 1. The summed E-state index contributed by atoms with van der Waals surface area (Å²) in [4.78, 5) is 0. The molecule has 1 aromatic rings. The van der Waals surface area contributed by atoms with Crippen LogP contribution in [0.3, 0.4) is 0 Å². The topological polar surface area (TPSA) is 9.23 Å². The van der Waals surface area contributed by atoms with Gasteiger partial charge in [0, 0.05) is 0 Å². The lowest BCUT2D eigenvalue weighted by molar-refractivity contribution is -0.274. The van der Waals surface area contributed by atoms with E-state index in [9.17, 15) is 13.2 Å². The van der Waals surface area contributed by atoms with Gasteiger partial charge in [-0.05, 0) is 67.1 Å². The van der Waals surface area contributed by atoms with Gasteiger partial charge in [-0.1, -0.05) is 64.0 Å². The van der Waals surface area contributed by atoms with Crippen LogP contribution >= 0.6 is 0 Å². The standard InChI is InChI=1S/C23H33F3O/c1-2-17-3-5-18(6-4-17)7-8-19-9-11-20(12-10-19)21-13-15-22(16-14-21)27-23(24,25)26/h13-20H,2-12H2,1H3. The quantitative estimate of drug-likeness (QED) is 0.486. The van der Waals surface area contributed by atoms with Crippen molar-refractivity contribution in [1.82, 2.24) is 0 Å². The number of hydrogen-bond donors (Lipinski definition) is 0. The second-order valence-corrected chi connectivity index (χ2v) is 8.71. The fourth-order valence-electron chi connectivity index (χ4n) is 5.13. The second-order valence-electron chi connectivity index (χ2n) is 8.71. The van der Waals surface area contributed by atoms with Crippen LogP contribution in [0.2, 0.25) is 0 Å². The van der Waals surface area contributed by atoms with Crippen molar-refractivity contribution in [3.8, 4) is 5.75 Å². The number of rotatable bonds is 6. The Morgan fingerprint density at radius 3 is 1.74 bits per heavy atom. The van der Waals surface area contributed by atoms with Crippen molar-refractivity contribution in [2.75, 3.05) is 0 Å². The average molecular weight is 383 g/mol. The zero-order valence-corrected chi connectivity index (χ0v) is 16.4. The Labute approximate surface area is 161 Å². The molecule has 27 heavy (non-hydrogen) atoms. The van der Waals surface area contributed by atoms with Crippen molar-refractivity contribution in [3.05, 3.63) is 29.8 Å². The molecule has 0 atom stereocenters. The minimum absolute atomic E-state index is 0.127. The molecule has 2 fully saturated rings. The number of halogens is 3. The maximum absolute atomic E-state index is 12.3. The second kappa shape index (κ2) is 9.34. The first-order valence-electron chi connectivity index (χ1n) is 10.8. The molecule has 0 bridgehead atoms. The average Bonchev–Trinajstić information content (AvgIpc) is 2.67. The molecular weight excluding hydrogens is 349 g/mol. The number of hydrogen-bond acceptors (Lipinski definition) is 1. The van der Waals surface area contributed by atoms with E-state index in [1.54, 1.807) is 12.1 Å². The van der Waals surface area contributed by atoms with Crippen molar-refractivity contribution >= 4 is 0 Å². The zero-order chi connectivity index (χ0) is 19.3. The highest BCUT2D eigenvalue weighted by atomic mass is 19.4. The van der Waals surface area contributed by atoms with Gasteiger partial charge in [-0.3, -0.25) is 0 Å². The summed E-state index contributed by atoms with van der Waals surface area (Å²) in [7, 11) is 0. The Hall–Kier alpha value is -1.19. The molecule has 0 radical (unpaired) electrons. The van der Waals surface area contributed by atoms with Gasteiger partial charge in [0.05, 0.1) is 0 Å². The molecule has 2 aliphatic carbocycles. The SMILES string of the molecule is CCC1CCC(CCC2CCC(c3ccc(OC(F)(F)F)cc3)CC2)CC1. The Morgan fingerprint density at radius 2 is 1.26 bits per heavy atom. The van der Waals surface area contributed by atoms with E-state index in [1.807, 2.05) is 0 Å². The first kappa shape index (κ1) is 20.5. The summed E-state index contributed by atoms with van der Waals surface area (Å²) in [5.41, 5.74) is 1.15. The molecule has 0 aliphatic heterocycles. The van der Waals surface area contributed by atoms with E-state index in [4.69, 9.17) is 0 Å². The van der Waals surface area contributed by atoms with Crippen molar-refractivity contribution in [1.29, 1.82) is 0 Å². The Balaban J connectivity index is 1.38. The molecule has 0 N–H and O–H groups in total. The molecule has 152 valence electrons. The normalized spacial score (nSPS) is 29.5. The van der Waals surface area contributed by atoms with Crippen LogP contribution in [0.1, 0.15) is 89.0 Å². The monoisotopic (exact) mass is 382 g/mol. The minimum Gasteiger partial charge on any atom is -0.406 e. The summed E-state index contributed by atoms with van der Waals surface area (Å²) < 4.78 is 40.7. The molecule has 4 heteroatoms. The summed E-state index contributed by atoms with van der Waals surface area (Å²) in [6.07, 6.45) is 10.1. The third-order valence-corrected chi connectivity index (χ3v) is 6.96. The highest BCUT2D eigenvalue weighted by Gasteiger charge is 2.31. The van der Waals surface area contributed by atoms with Crippen LogP contribution in [0.5, 0.6) is 5.75 Å². The van der Waals surface area contributed by atoms with Crippen molar-refractivity contribution in [3.63, 3.8) is 0 Å². The van der Waals surface area contributed by atoms with Crippen molar-refractivity contribution in [2.45, 2.75) is 89.8 Å². The fraction of sp³-hybridized carbons (Fsp3) is 0.739. The maximum atomic E-state index is 12.3. The molecule has 2 aliphatic rings. The van der Waals surface area contributed by atoms with E-state index in [2.05, 4.69) is 11.7 Å². The largest absolute Gasteiger partial charge is 0.573 e. The predicted octanol–water partition coefficient (Wildman–Crippen LogP) is 7.86. The maximum Gasteiger partial charge on any atom is 0.573 e. The van der Waals surface area contributed by atoms with Gasteiger partial charge < -0.3 is 4.74 Å². The van der Waals surface area contributed by atoms with Crippen LogP contribution in [-0.4, -0.2) is 6.36 Å². The van der Waals surface area contributed by atoms with E-state index in [0.29, 0.717) is 5.92 Å². The van der Waals surface area contributed by atoms with Crippen LogP contribution in [0.25, 0.3) is 0 Å². The summed E-state index contributed by atoms with van der Waals surface area (Å²) in [6, 6.07) is 6.50. The Morgan fingerprint density at radius 1 is 0.778 bits per heavy atom. The smallest absolute Gasteiger partial charge is 0.406 e. The molecule has 0 heterocycles. The van der Waals surface area contributed by atoms with Crippen LogP contribution in [0.15, 0.2) is 24.3 Å². The lowest BCUT2D eigenvalue weighted by atomic mass is 9.74. The van der Waals surface area contributed by atoms with Crippen LogP contribution in [-0.2, 0) is 0 Å². The first-order chi connectivity index (χ1) is 12.9. The number of alkyl halides is 3. The summed E-state index contributed by atoms with van der Waals surface area (Å²) >= 11 is 0. The van der Waals surface area contributed by atoms with E-state index in [1.165, 1.54) is 69.9 Å². The molecule has 0 unspecified atom stereocenters. The van der Waals surface area contributed by atoms with Gasteiger partial charge in [-0.15, -0.1) is 13.2 Å². The number of benzene rings is 1. The molecule has 0 spiro atoms. The summed E-state index contributed by atoms with van der Waals surface area (Å²) in [5, 5.41) is 0. The van der Waals surface area contributed by atoms with Crippen LogP contribution in [0, 0.1) is 17.8 Å². The minimum atomic E-state index is -4.62. The summed E-state index contributed by atoms with van der Waals surface area (Å²) in [5.74, 6) is 3.13. The van der Waals surface area contributed by atoms with Crippen LogP contribution < -0.4 is 4.74 Å². The molecular formula is C23H33F3O. The highest BCUT2D eigenvalue weighted by Crippen LogP contribution is 2.40. The van der Waals surface area contributed by atoms with Crippen molar-refractivity contribution in [2.24, 2.45) is 17.8 Å². The van der Waals surface area contributed by atoms with Gasteiger partial charge in [0.1, 0.15) is 5.75 Å². The van der Waals surface area contributed by atoms with Gasteiger partial charge >= 0.3 is 6.36 Å².